The summed E-state index contributed by atoms with van der Waals surface area (Å²) in [5.74, 6) is -0.322. The van der Waals surface area contributed by atoms with Crippen molar-refractivity contribution in [2.45, 2.75) is 32.5 Å². The Labute approximate surface area is 205 Å². The van der Waals surface area contributed by atoms with Crippen molar-refractivity contribution in [3.63, 3.8) is 0 Å². The van der Waals surface area contributed by atoms with Crippen LogP contribution in [0.3, 0.4) is 0 Å². The zero-order chi connectivity index (χ0) is 24.9. The van der Waals surface area contributed by atoms with Crippen LogP contribution in [0.5, 0.6) is 5.88 Å². The third-order valence-electron chi connectivity index (χ3n) is 6.35. The molecule has 0 unspecified atom stereocenters. The third-order valence-corrected chi connectivity index (χ3v) is 6.35. The fourth-order valence-corrected chi connectivity index (χ4v) is 4.26. The van der Waals surface area contributed by atoms with Gasteiger partial charge < -0.3 is 14.7 Å². The van der Waals surface area contributed by atoms with Crippen molar-refractivity contribution < 1.29 is 19.0 Å². The topological polar surface area (TPSA) is 78.8 Å². The molecule has 0 saturated heterocycles. The van der Waals surface area contributed by atoms with Gasteiger partial charge in [0.2, 0.25) is 5.88 Å². The zero-order valence-electron chi connectivity index (χ0n) is 20.3. The molecule has 3 aromatic rings. The van der Waals surface area contributed by atoms with E-state index in [4.69, 9.17) is 4.74 Å². The smallest absolute Gasteiger partial charge is 0.259 e. The highest BCUT2D eigenvalue weighted by Gasteiger charge is 2.34. The number of hydrogen-bond acceptors (Lipinski definition) is 6. The van der Waals surface area contributed by atoms with E-state index in [0.717, 1.165) is 11.3 Å². The summed E-state index contributed by atoms with van der Waals surface area (Å²) in [6.07, 6.45) is 3.17. The lowest BCUT2D eigenvalue weighted by molar-refractivity contribution is 0.0324. The molecule has 1 aliphatic heterocycles. The SMILES string of the molecule is C[C@H]1CN([C@@H](C)CO)C(=O)c2cc(-c3ccc(F)cc3)cnc2O[C@@H]1CN(C)Cc1ccccn1. The fourth-order valence-electron chi connectivity index (χ4n) is 4.26. The van der Waals surface area contributed by atoms with Gasteiger partial charge in [0, 0.05) is 43.5 Å². The van der Waals surface area contributed by atoms with Crippen molar-refractivity contribution in [3.05, 3.63) is 78.0 Å². The molecule has 0 spiro atoms. The van der Waals surface area contributed by atoms with E-state index in [1.165, 1.54) is 12.1 Å². The summed E-state index contributed by atoms with van der Waals surface area (Å²) in [6.45, 7) is 5.42. The number of aliphatic hydroxyl groups excluding tert-OH is 1. The molecule has 1 N–H and O–H groups in total. The van der Waals surface area contributed by atoms with Gasteiger partial charge in [0.25, 0.3) is 5.91 Å². The van der Waals surface area contributed by atoms with Gasteiger partial charge in [-0.2, -0.15) is 0 Å². The highest BCUT2D eigenvalue weighted by atomic mass is 19.1. The number of pyridine rings is 2. The number of aromatic nitrogens is 2. The third kappa shape index (κ3) is 5.83. The lowest BCUT2D eigenvalue weighted by atomic mass is 9.99. The Kier molecular flexibility index (Phi) is 7.73. The highest BCUT2D eigenvalue weighted by molar-refractivity contribution is 5.98. The molecule has 0 fully saturated rings. The van der Waals surface area contributed by atoms with Crippen molar-refractivity contribution in [2.24, 2.45) is 5.92 Å². The number of carbonyl (C=O) groups excluding carboxylic acids is 1. The van der Waals surface area contributed by atoms with E-state index in [0.29, 0.717) is 30.8 Å². The molecular formula is C27H31FN4O3. The summed E-state index contributed by atoms with van der Waals surface area (Å²) < 4.78 is 19.8. The first kappa shape index (κ1) is 24.8. The molecule has 1 aliphatic rings. The highest BCUT2D eigenvalue weighted by Crippen LogP contribution is 2.30. The van der Waals surface area contributed by atoms with E-state index in [1.807, 2.05) is 39.1 Å². The van der Waals surface area contributed by atoms with E-state index in [-0.39, 0.29) is 42.3 Å². The van der Waals surface area contributed by atoms with Gasteiger partial charge in [0.1, 0.15) is 17.5 Å². The maximum absolute atomic E-state index is 13.6. The van der Waals surface area contributed by atoms with Crippen LogP contribution in [0.15, 0.2) is 60.9 Å². The first-order valence-electron chi connectivity index (χ1n) is 11.8. The summed E-state index contributed by atoms with van der Waals surface area (Å²) in [5, 5.41) is 9.84. The van der Waals surface area contributed by atoms with Gasteiger partial charge in [-0.15, -0.1) is 0 Å². The van der Waals surface area contributed by atoms with Gasteiger partial charge >= 0.3 is 0 Å². The number of rotatable bonds is 7. The molecular weight excluding hydrogens is 447 g/mol. The standard InChI is InChI=1S/C27H31FN4O3/c1-18-14-32(19(2)17-33)27(34)24-12-21(20-7-9-22(28)10-8-20)13-30-26(24)35-25(18)16-31(3)15-23-6-4-5-11-29-23/h4-13,18-19,25,33H,14-17H2,1-3H3/t18-,19-,25+/m0/s1. The minimum atomic E-state index is -0.364. The van der Waals surface area contributed by atoms with Crippen LogP contribution < -0.4 is 4.74 Å². The number of carbonyl (C=O) groups is 1. The summed E-state index contributed by atoms with van der Waals surface area (Å²) >= 11 is 0. The Morgan fingerprint density at radius 2 is 1.97 bits per heavy atom. The van der Waals surface area contributed by atoms with Crippen molar-refractivity contribution >= 4 is 5.91 Å². The quantitative estimate of drug-likeness (QED) is 0.559. The van der Waals surface area contributed by atoms with Crippen molar-refractivity contribution in [2.75, 3.05) is 26.7 Å². The molecule has 7 nitrogen and oxygen atoms in total. The molecule has 4 rings (SSSR count). The average molecular weight is 479 g/mol. The van der Waals surface area contributed by atoms with Gasteiger partial charge in [-0.1, -0.05) is 25.1 Å². The molecule has 184 valence electrons. The van der Waals surface area contributed by atoms with Crippen LogP contribution in [0.1, 0.15) is 29.9 Å². The van der Waals surface area contributed by atoms with Crippen LogP contribution >= 0.6 is 0 Å². The molecule has 0 radical (unpaired) electrons. The predicted octanol–water partition coefficient (Wildman–Crippen LogP) is 3.63. The van der Waals surface area contributed by atoms with Crippen LogP contribution in [-0.2, 0) is 6.54 Å². The zero-order valence-corrected chi connectivity index (χ0v) is 20.3. The average Bonchev–Trinajstić information content (AvgIpc) is 2.86. The number of likely N-dealkylation sites (N-methyl/N-ethyl adjacent to an activating group) is 1. The number of halogens is 1. The minimum absolute atomic E-state index is 0.00847. The van der Waals surface area contributed by atoms with Crippen molar-refractivity contribution in [1.82, 2.24) is 19.8 Å². The molecule has 1 amide bonds. The van der Waals surface area contributed by atoms with Crippen LogP contribution in [0, 0.1) is 11.7 Å². The summed E-state index contributed by atoms with van der Waals surface area (Å²) in [6, 6.07) is 13.3. The van der Waals surface area contributed by atoms with E-state index < -0.39 is 0 Å². The van der Waals surface area contributed by atoms with Gasteiger partial charge in [0.05, 0.1) is 18.3 Å². The summed E-state index contributed by atoms with van der Waals surface area (Å²) in [5.41, 5.74) is 2.73. The van der Waals surface area contributed by atoms with Crippen LogP contribution in [0.25, 0.3) is 11.1 Å². The largest absolute Gasteiger partial charge is 0.472 e. The fraction of sp³-hybridized carbons (Fsp3) is 0.370. The minimum Gasteiger partial charge on any atom is -0.472 e. The van der Waals surface area contributed by atoms with E-state index >= 15 is 0 Å². The summed E-state index contributed by atoms with van der Waals surface area (Å²) in [4.78, 5) is 26.3. The lowest BCUT2D eigenvalue weighted by Gasteiger charge is -2.37. The predicted molar refractivity (Wildman–Crippen MR) is 131 cm³/mol. The van der Waals surface area contributed by atoms with Gasteiger partial charge in [0.15, 0.2) is 0 Å². The molecule has 0 saturated carbocycles. The molecule has 3 heterocycles. The number of fused-ring (bicyclic) bond motifs is 1. The molecule has 2 aromatic heterocycles. The van der Waals surface area contributed by atoms with Crippen LogP contribution in [-0.4, -0.2) is 69.7 Å². The molecule has 8 heteroatoms. The van der Waals surface area contributed by atoms with E-state index in [1.54, 1.807) is 35.5 Å². The van der Waals surface area contributed by atoms with Gasteiger partial charge in [-0.05, 0) is 49.9 Å². The van der Waals surface area contributed by atoms with Crippen molar-refractivity contribution in [3.8, 4) is 17.0 Å². The number of hydrogen-bond donors (Lipinski definition) is 1. The molecule has 3 atom stereocenters. The molecule has 35 heavy (non-hydrogen) atoms. The Morgan fingerprint density at radius 1 is 1.20 bits per heavy atom. The Bertz CT molecular complexity index is 1140. The van der Waals surface area contributed by atoms with Gasteiger partial charge in [-0.3, -0.25) is 14.7 Å². The number of benzene rings is 1. The first-order chi connectivity index (χ1) is 16.9. The number of aliphatic hydroxyl groups is 1. The second-order valence-corrected chi connectivity index (χ2v) is 9.22. The van der Waals surface area contributed by atoms with E-state index in [2.05, 4.69) is 14.9 Å². The lowest BCUT2D eigenvalue weighted by Crippen LogP contribution is -2.49. The summed E-state index contributed by atoms with van der Waals surface area (Å²) in [7, 11) is 2.01. The number of amides is 1. The first-order valence-corrected chi connectivity index (χ1v) is 11.8. The molecule has 1 aromatic carbocycles. The van der Waals surface area contributed by atoms with Crippen molar-refractivity contribution in [1.29, 1.82) is 0 Å². The second-order valence-electron chi connectivity index (χ2n) is 9.22. The monoisotopic (exact) mass is 478 g/mol. The Morgan fingerprint density at radius 3 is 2.66 bits per heavy atom. The number of ether oxygens (including phenoxy) is 1. The maximum Gasteiger partial charge on any atom is 0.259 e. The second kappa shape index (κ2) is 10.9. The Balaban J connectivity index is 1.65. The Hall–Kier alpha value is -3.36. The van der Waals surface area contributed by atoms with Gasteiger partial charge in [-0.25, -0.2) is 9.37 Å². The van der Waals surface area contributed by atoms with Crippen LogP contribution in [0.4, 0.5) is 4.39 Å². The number of nitrogens with zero attached hydrogens (tertiary/aromatic N) is 4. The molecule has 0 aliphatic carbocycles. The normalized spacial score (nSPS) is 19.0. The molecule has 0 bridgehead atoms. The maximum atomic E-state index is 13.6. The van der Waals surface area contributed by atoms with Crippen LogP contribution in [0.2, 0.25) is 0 Å². The van der Waals surface area contributed by atoms with E-state index in [9.17, 15) is 14.3 Å².